The molecule has 28 heavy (non-hydrogen) atoms. The predicted octanol–water partition coefficient (Wildman–Crippen LogP) is 3.37. The number of allylic oxidation sites excluding steroid dienone is 2. The molecule has 0 aromatic heterocycles. The van der Waals surface area contributed by atoms with E-state index in [1.54, 1.807) is 4.90 Å². The number of carbonyl (C=O) groups excluding carboxylic acids is 3. The van der Waals surface area contributed by atoms with Gasteiger partial charge in [0.2, 0.25) is 17.7 Å². The van der Waals surface area contributed by atoms with Gasteiger partial charge in [0.25, 0.3) is 0 Å². The van der Waals surface area contributed by atoms with Crippen molar-refractivity contribution in [2.45, 2.75) is 57.5 Å². The number of hydrogen-bond acceptors (Lipinski definition) is 3. The van der Waals surface area contributed by atoms with Crippen molar-refractivity contribution in [2.75, 3.05) is 0 Å². The van der Waals surface area contributed by atoms with E-state index in [0.29, 0.717) is 12.8 Å². The summed E-state index contributed by atoms with van der Waals surface area (Å²) in [6.07, 6.45) is 8.30. The first-order valence-corrected chi connectivity index (χ1v) is 10.4. The van der Waals surface area contributed by atoms with E-state index in [-0.39, 0.29) is 47.6 Å². The Labute approximate surface area is 166 Å². The number of likely N-dealkylation sites (tertiary alicyclic amines) is 1. The van der Waals surface area contributed by atoms with E-state index >= 15 is 0 Å². The van der Waals surface area contributed by atoms with Gasteiger partial charge >= 0.3 is 0 Å². The Morgan fingerprint density at radius 2 is 1.54 bits per heavy atom. The van der Waals surface area contributed by atoms with E-state index in [1.165, 1.54) is 0 Å². The van der Waals surface area contributed by atoms with E-state index in [4.69, 9.17) is 0 Å². The molecular formula is C23H28N2O3. The minimum absolute atomic E-state index is 0.00458. The smallest absolute Gasteiger partial charge is 0.233 e. The van der Waals surface area contributed by atoms with Crippen molar-refractivity contribution in [3.8, 4) is 0 Å². The van der Waals surface area contributed by atoms with Gasteiger partial charge in [0, 0.05) is 12.0 Å². The molecule has 5 nitrogen and oxygen atoms in total. The summed E-state index contributed by atoms with van der Waals surface area (Å²) in [7, 11) is 0. The van der Waals surface area contributed by atoms with Crippen LogP contribution < -0.4 is 5.32 Å². The van der Waals surface area contributed by atoms with E-state index in [9.17, 15) is 14.4 Å². The lowest BCUT2D eigenvalue weighted by molar-refractivity contribution is -0.143. The average Bonchev–Trinajstić information content (AvgIpc) is 2.99. The number of amides is 3. The zero-order valence-electron chi connectivity index (χ0n) is 16.3. The third-order valence-electron chi connectivity index (χ3n) is 6.63. The minimum atomic E-state index is -0.162. The number of nitrogens with zero attached hydrogens (tertiary/aromatic N) is 1. The van der Waals surface area contributed by atoms with Gasteiger partial charge in [-0.2, -0.15) is 0 Å². The molecule has 5 heteroatoms. The summed E-state index contributed by atoms with van der Waals surface area (Å²) in [5.74, 6) is -0.281. The van der Waals surface area contributed by atoms with Crippen LogP contribution in [0.4, 0.5) is 0 Å². The molecule has 1 aromatic rings. The van der Waals surface area contributed by atoms with Crippen LogP contribution in [-0.2, 0) is 14.4 Å². The van der Waals surface area contributed by atoms with E-state index in [2.05, 4.69) is 5.32 Å². The highest BCUT2D eigenvalue weighted by Gasteiger charge is 2.50. The first-order chi connectivity index (χ1) is 13.6. The number of benzene rings is 1. The van der Waals surface area contributed by atoms with Gasteiger partial charge in [-0.05, 0) is 51.0 Å². The molecule has 1 N–H and O–H groups in total. The maximum Gasteiger partial charge on any atom is 0.233 e. The van der Waals surface area contributed by atoms with E-state index in [1.807, 2.05) is 49.4 Å². The molecule has 3 atom stereocenters. The van der Waals surface area contributed by atoms with Crippen LogP contribution in [0.5, 0.6) is 0 Å². The SMILES string of the molecule is C[C@H](NC(=O)C1CCC(N2C(=O)[C@H]3CC=CC[C@@H]3C2=O)CC1)c1ccccc1. The Kier molecular flexibility index (Phi) is 5.33. The molecule has 1 aromatic carbocycles. The maximum atomic E-state index is 12.8. The second-order valence-corrected chi connectivity index (χ2v) is 8.35. The van der Waals surface area contributed by atoms with E-state index in [0.717, 1.165) is 31.2 Å². The van der Waals surface area contributed by atoms with Gasteiger partial charge in [-0.15, -0.1) is 0 Å². The van der Waals surface area contributed by atoms with Crippen LogP contribution in [0.2, 0.25) is 0 Å². The van der Waals surface area contributed by atoms with Crippen molar-refractivity contribution >= 4 is 17.7 Å². The molecule has 148 valence electrons. The molecule has 4 rings (SSSR count). The van der Waals surface area contributed by atoms with Crippen molar-refractivity contribution in [1.82, 2.24) is 10.2 Å². The molecular weight excluding hydrogens is 352 g/mol. The fraction of sp³-hybridized carbons (Fsp3) is 0.522. The highest BCUT2D eigenvalue weighted by atomic mass is 16.2. The Hall–Kier alpha value is -2.43. The van der Waals surface area contributed by atoms with Gasteiger partial charge in [0.1, 0.15) is 0 Å². The van der Waals surface area contributed by atoms with Crippen molar-refractivity contribution in [3.63, 3.8) is 0 Å². The number of hydrogen-bond donors (Lipinski definition) is 1. The second-order valence-electron chi connectivity index (χ2n) is 8.35. The molecule has 0 radical (unpaired) electrons. The summed E-state index contributed by atoms with van der Waals surface area (Å²) in [5.41, 5.74) is 1.09. The Balaban J connectivity index is 1.33. The molecule has 1 saturated heterocycles. The van der Waals surface area contributed by atoms with Crippen molar-refractivity contribution in [3.05, 3.63) is 48.0 Å². The minimum Gasteiger partial charge on any atom is -0.349 e. The summed E-state index contributed by atoms with van der Waals surface area (Å²) in [4.78, 5) is 39.7. The highest BCUT2D eigenvalue weighted by Crippen LogP contribution is 2.39. The lowest BCUT2D eigenvalue weighted by Crippen LogP contribution is -2.44. The number of rotatable bonds is 4. The zero-order chi connectivity index (χ0) is 19.7. The Morgan fingerprint density at radius 3 is 2.11 bits per heavy atom. The third-order valence-corrected chi connectivity index (χ3v) is 6.63. The maximum absolute atomic E-state index is 12.8. The van der Waals surface area contributed by atoms with Gasteiger partial charge < -0.3 is 5.32 Å². The van der Waals surface area contributed by atoms with Gasteiger partial charge in [-0.3, -0.25) is 19.3 Å². The molecule has 3 aliphatic rings. The highest BCUT2D eigenvalue weighted by molar-refractivity contribution is 6.05. The van der Waals surface area contributed by atoms with Crippen LogP contribution in [0, 0.1) is 17.8 Å². The van der Waals surface area contributed by atoms with Crippen LogP contribution >= 0.6 is 0 Å². The number of fused-ring (bicyclic) bond motifs is 1. The van der Waals surface area contributed by atoms with Crippen molar-refractivity contribution in [1.29, 1.82) is 0 Å². The van der Waals surface area contributed by atoms with Gasteiger partial charge in [-0.1, -0.05) is 42.5 Å². The molecule has 0 bridgehead atoms. The van der Waals surface area contributed by atoms with Gasteiger partial charge in [0.05, 0.1) is 17.9 Å². The molecule has 2 aliphatic carbocycles. The normalized spacial score (nSPS) is 30.8. The monoisotopic (exact) mass is 380 g/mol. The molecule has 0 spiro atoms. The fourth-order valence-corrected chi connectivity index (χ4v) is 4.94. The van der Waals surface area contributed by atoms with Crippen LogP contribution in [0.1, 0.15) is 57.1 Å². The predicted molar refractivity (Wildman–Crippen MR) is 106 cm³/mol. The number of carbonyl (C=O) groups is 3. The standard InChI is InChI=1S/C23H28N2O3/c1-15(16-7-3-2-4-8-16)24-21(26)17-11-13-18(14-12-17)25-22(27)19-9-5-6-10-20(19)23(25)28/h2-8,15,17-20H,9-14H2,1H3,(H,24,26)/t15-,17?,18?,19-,20-/m0/s1. The van der Waals surface area contributed by atoms with E-state index < -0.39 is 0 Å². The third kappa shape index (κ3) is 3.50. The van der Waals surface area contributed by atoms with Gasteiger partial charge in [0.15, 0.2) is 0 Å². The number of imide groups is 1. The Bertz CT molecular complexity index is 754. The lowest BCUT2D eigenvalue weighted by atomic mass is 9.84. The first-order valence-electron chi connectivity index (χ1n) is 10.4. The first kappa shape index (κ1) is 18.9. The van der Waals surface area contributed by atoms with Crippen LogP contribution in [0.25, 0.3) is 0 Å². The topological polar surface area (TPSA) is 66.5 Å². The summed E-state index contributed by atoms with van der Waals surface area (Å²) < 4.78 is 0. The molecule has 1 saturated carbocycles. The summed E-state index contributed by atoms with van der Waals surface area (Å²) in [5, 5.41) is 3.11. The second kappa shape index (κ2) is 7.90. The van der Waals surface area contributed by atoms with Crippen LogP contribution in [-0.4, -0.2) is 28.7 Å². The van der Waals surface area contributed by atoms with Crippen molar-refractivity contribution < 1.29 is 14.4 Å². The largest absolute Gasteiger partial charge is 0.349 e. The lowest BCUT2D eigenvalue weighted by Gasteiger charge is -2.33. The summed E-state index contributed by atoms with van der Waals surface area (Å²) >= 11 is 0. The molecule has 0 unspecified atom stereocenters. The molecule has 1 heterocycles. The van der Waals surface area contributed by atoms with Crippen LogP contribution in [0.15, 0.2) is 42.5 Å². The van der Waals surface area contributed by atoms with Gasteiger partial charge in [-0.25, -0.2) is 0 Å². The summed E-state index contributed by atoms with van der Waals surface area (Å²) in [6, 6.07) is 9.87. The fourth-order valence-electron chi connectivity index (χ4n) is 4.94. The average molecular weight is 380 g/mol. The molecule has 1 aliphatic heterocycles. The molecule has 3 amide bonds. The van der Waals surface area contributed by atoms with Crippen LogP contribution in [0.3, 0.4) is 0 Å². The zero-order valence-corrected chi connectivity index (χ0v) is 16.3. The number of nitrogens with one attached hydrogen (secondary N) is 1. The Morgan fingerprint density at radius 1 is 0.964 bits per heavy atom. The summed E-state index contributed by atoms with van der Waals surface area (Å²) in [6.45, 7) is 2.00. The molecule has 2 fully saturated rings. The van der Waals surface area contributed by atoms with Crippen molar-refractivity contribution in [2.24, 2.45) is 17.8 Å². The quantitative estimate of drug-likeness (QED) is 0.643.